The zero-order valence-corrected chi connectivity index (χ0v) is 14.0. The first kappa shape index (κ1) is 16.9. The molecule has 0 bridgehead atoms. The van der Waals surface area contributed by atoms with Crippen LogP contribution in [0.25, 0.3) is 11.1 Å². The van der Waals surface area contributed by atoms with Crippen LogP contribution in [0.4, 0.5) is 0 Å². The fraction of sp³-hybridized carbons (Fsp3) is 0.188. The minimum Gasteiger partial charge on any atom is -0.388 e. The van der Waals surface area contributed by atoms with Gasteiger partial charge in [-0.15, -0.1) is 0 Å². The molecular formula is C16H16BrClO2. The standard InChI is InChI=1S/C14H10BrClO.C2H6O/c1-9-4-10(6-12(15)5-9)14-3-2-13(16)7-11(14)8-17;1-3-2/h2-8H,1H3;1-2H3. The van der Waals surface area contributed by atoms with Crippen LogP contribution in [-0.4, -0.2) is 20.5 Å². The van der Waals surface area contributed by atoms with E-state index in [0.717, 1.165) is 27.4 Å². The summed E-state index contributed by atoms with van der Waals surface area (Å²) in [6.45, 7) is 2.02. The number of aldehydes is 1. The van der Waals surface area contributed by atoms with Gasteiger partial charge in [-0.3, -0.25) is 4.79 Å². The zero-order valence-electron chi connectivity index (χ0n) is 11.6. The van der Waals surface area contributed by atoms with Crippen molar-refractivity contribution < 1.29 is 9.53 Å². The van der Waals surface area contributed by atoms with Crippen molar-refractivity contribution in [2.45, 2.75) is 6.92 Å². The molecule has 0 N–H and O–H groups in total. The Labute approximate surface area is 132 Å². The molecule has 0 aliphatic carbocycles. The maximum Gasteiger partial charge on any atom is 0.150 e. The Kier molecular flexibility index (Phi) is 6.93. The summed E-state index contributed by atoms with van der Waals surface area (Å²) in [6.07, 6.45) is 0.831. The first-order chi connectivity index (χ1) is 9.51. The average molecular weight is 356 g/mol. The Bertz CT molecular complexity index is 577. The van der Waals surface area contributed by atoms with Crippen LogP contribution < -0.4 is 0 Å². The normalized spacial score (nSPS) is 9.65. The average Bonchev–Trinajstić information content (AvgIpc) is 2.38. The smallest absolute Gasteiger partial charge is 0.150 e. The molecule has 2 rings (SSSR count). The summed E-state index contributed by atoms with van der Waals surface area (Å²) >= 11 is 9.33. The van der Waals surface area contributed by atoms with Crippen molar-refractivity contribution in [2.75, 3.05) is 14.2 Å². The second kappa shape index (κ2) is 8.20. The molecule has 0 aromatic heterocycles. The molecule has 0 saturated carbocycles. The van der Waals surface area contributed by atoms with Gasteiger partial charge in [0.15, 0.2) is 6.29 Å². The molecule has 2 aromatic rings. The number of ether oxygens (including phenoxy) is 1. The van der Waals surface area contributed by atoms with Gasteiger partial charge < -0.3 is 4.74 Å². The van der Waals surface area contributed by atoms with Crippen LogP contribution in [0, 0.1) is 6.92 Å². The second-order valence-corrected chi connectivity index (χ2v) is 5.63. The third-order valence-electron chi connectivity index (χ3n) is 2.49. The molecule has 0 atom stereocenters. The molecule has 0 fully saturated rings. The predicted octanol–water partition coefficient (Wildman–Crippen LogP) is 5.15. The van der Waals surface area contributed by atoms with E-state index in [1.807, 2.05) is 31.2 Å². The molecule has 0 unspecified atom stereocenters. The summed E-state index contributed by atoms with van der Waals surface area (Å²) in [4.78, 5) is 11.1. The van der Waals surface area contributed by atoms with Crippen LogP contribution in [0.2, 0.25) is 5.02 Å². The van der Waals surface area contributed by atoms with Crippen molar-refractivity contribution in [3.63, 3.8) is 0 Å². The summed E-state index contributed by atoms with van der Waals surface area (Å²) < 4.78 is 5.25. The van der Waals surface area contributed by atoms with Crippen molar-refractivity contribution in [3.8, 4) is 11.1 Å². The minimum absolute atomic E-state index is 0.572. The number of carbonyl (C=O) groups excluding carboxylic acids is 1. The molecule has 0 heterocycles. The van der Waals surface area contributed by atoms with Crippen molar-refractivity contribution in [3.05, 3.63) is 57.0 Å². The number of rotatable bonds is 2. The number of carbonyl (C=O) groups is 1. The van der Waals surface area contributed by atoms with E-state index in [4.69, 9.17) is 11.6 Å². The van der Waals surface area contributed by atoms with E-state index in [1.54, 1.807) is 26.4 Å². The van der Waals surface area contributed by atoms with E-state index < -0.39 is 0 Å². The highest BCUT2D eigenvalue weighted by Crippen LogP contribution is 2.28. The highest BCUT2D eigenvalue weighted by molar-refractivity contribution is 9.10. The van der Waals surface area contributed by atoms with Gasteiger partial charge in [-0.2, -0.15) is 0 Å². The summed E-state index contributed by atoms with van der Waals surface area (Å²) in [7, 11) is 3.25. The SMILES string of the molecule is COC.Cc1cc(Br)cc(-c2ccc(Cl)cc2C=O)c1. The fourth-order valence-electron chi connectivity index (χ4n) is 1.79. The number of benzene rings is 2. The third kappa shape index (κ3) is 4.75. The highest BCUT2D eigenvalue weighted by Gasteiger charge is 2.06. The van der Waals surface area contributed by atoms with E-state index in [9.17, 15) is 4.79 Å². The minimum atomic E-state index is 0.572. The lowest BCUT2D eigenvalue weighted by atomic mass is 9.99. The highest BCUT2D eigenvalue weighted by atomic mass is 79.9. The Morgan fingerprint density at radius 3 is 2.35 bits per heavy atom. The molecule has 0 spiro atoms. The molecule has 0 saturated heterocycles. The van der Waals surface area contributed by atoms with Crippen molar-refractivity contribution in [1.82, 2.24) is 0 Å². The van der Waals surface area contributed by atoms with Crippen LogP contribution in [-0.2, 0) is 4.74 Å². The number of methoxy groups -OCH3 is 1. The fourth-order valence-corrected chi connectivity index (χ4v) is 2.57. The Balaban J connectivity index is 0.000000612. The van der Waals surface area contributed by atoms with E-state index in [-0.39, 0.29) is 0 Å². The van der Waals surface area contributed by atoms with Gasteiger partial charge in [-0.25, -0.2) is 0 Å². The molecule has 106 valence electrons. The number of hydrogen-bond donors (Lipinski definition) is 0. The second-order valence-electron chi connectivity index (χ2n) is 4.27. The first-order valence-corrected chi connectivity index (χ1v) is 7.11. The van der Waals surface area contributed by atoms with Gasteiger partial charge in [0.05, 0.1) is 0 Å². The number of halogens is 2. The molecular weight excluding hydrogens is 340 g/mol. The van der Waals surface area contributed by atoms with Crippen LogP contribution in [0.3, 0.4) is 0 Å². The van der Waals surface area contributed by atoms with Gasteiger partial charge >= 0.3 is 0 Å². The van der Waals surface area contributed by atoms with E-state index in [0.29, 0.717) is 10.6 Å². The Morgan fingerprint density at radius 1 is 1.15 bits per heavy atom. The van der Waals surface area contributed by atoms with E-state index >= 15 is 0 Å². The first-order valence-electron chi connectivity index (χ1n) is 5.94. The summed E-state index contributed by atoms with van der Waals surface area (Å²) in [5.41, 5.74) is 3.65. The molecule has 0 radical (unpaired) electrons. The molecule has 0 amide bonds. The molecule has 4 heteroatoms. The monoisotopic (exact) mass is 354 g/mol. The lowest BCUT2D eigenvalue weighted by molar-refractivity contribution is 0.112. The maximum absolute atomic E-state index is 11.1. The van der Waals surface area contributed by atoms with Crippen LogP contribution in [0.15, 0.2) is 40.9 Å². The van der Waals surface area contributed by atoms with Gasteiger partial charge in [-0.05, 0) is 47.9 Å². The molecule has 0 aliphatic rings. The summed E-state index contributed by atoms with van der Waals surface area (Å²) in [5.74, 6) is 0. The lowest BCUT2D eigenvalue weighted by Gasteiger charge is -2.07. The molecule has 2 nitrogen and oxygen atoms in total. The van der Waals surface area contributed by atoms with E-state index in [2.05, 4.69) is 20.7 Å². The van der Waals surface area contributed by atoms with Gasteiger partial charge in [0.25, 0.3) is 0 Å². The van der Waals surface area contributed by atoms with Gasteiger partial charge in [-0.1, -0.05) is 39.7 Å². The molecule has 2 aromatic carbocycles. The maximum atomic E-state index is 11.1. The van der Waals surface area contributed by atoms with Crippen molar-refractivity contribution in [2.24, 2.45) is 0 Å². The van der Waals surface area contributed by atoms with Crippen LogP contribution in [0.5, 0.6) is 0 Å². The van der Waals surface area contributed by atoms with E-state index in [1.165, 1.54) is 0 Å². The molecule has 0 aliphatic heterocycles. The summed E-state index contributed by atoms with van der Waals surface area (Å²) in [6, 6.07) is 11.4. The van der Waals surface area contributed by atoms with Gasteiger partial charge in [0.2, 0.25) is 0 Å². The van der Waals surface area contributed by atoms with Crippen molar-refractivity contribution in [1.29, 1.82) is 0 Å². The number of aryl methyl sites for hydroxylation is 1. The van der Waals surface area contributed by atoms with Crippen LogP contribution >= 0.6 is 27.5 Å². The predicted molar refractivity (Wildman–Crippen MR) is 87.6 cm³/mol. The Morgan fingerprint density at radius 2 is 1.80 bits per heavy atom. The summed E-state index contributed by atoms with van der Waals surface area (Å²) in [5, 5.41) is 0.572. The third-order valence-corrected chi connectivity index (χ3v) is 3.19. The van der Waals surface area contributed by atoms with Gasteiger partial charge in [0.1, 0.15) is 0 Å². The lowest BCUT2D eigenvalue weighted by Crippen LogP contribution is -1.88. The zero-order chi connectivity index (χ0) is 15.1. The quantitative estimate of drug-likeness (QED) is 0.696. The van der Waals surface area contributed by atoms with Crippen LogP contribution in [0.1, 0.15) is 15.9 Å². The van der Waals surface area contributed by atoms with Gasteiger partial charge in [0, 0.05) is 29.3 Å². The Hall–Kier alpha value is -1.16. The topological polar surface area (TPSA) is 26.3 Å². The van der Waals surface area contributed by atoms with Crippen molar-refractivity contribution >= 4 is 33.8 Å². The molecule has 20 heavy (non-hydrogen) atoms. The number of hydrogen-bond acceptors (Lipinski definition) is 2. The largest absolute Gasteiger partial charge is 0.388 e.